The van der Waals surface area contributed by atoms with Crippen molar-refractivity contribution < 1.29 is 4.74 Å². The molecule has 0 amide bonds. The van der Waals surface area contributed by atoms with Crippen molar-refractivity contribution in [2.45, 2.75) is 37.4 Å². The number of ether oxygens (including phenoxy) is 1. The zero-order valence-corrected chi connectivity index (χ0v) is 7.41. The zero-order valence-electron chi connectivity index (χ0n) is 6.25. The van der Waals surface area contributed by atoms with E-state index in [0.717, 1.165) is 18.2 Å². The highest BCUT2D eigenvalue weighted by atomic mass is 31.0. The van der Waals surface area contributed by atoms with Crippen LogP contribution in [-0.2, 0) is 4.74 Å². The van der Waals surface area contributed by atoms with E-state index in [9.17, 15) is 0 Å². The molecule has 4 unspecified atom stereocenters. The van der Waals surface area contributed by atoms with Crippen LogP contribution in [0.25, 0.3) is 0 Å². The second-order valence-corrected chi connectivity index (χ2v) is 4.39. The van der Waals surface area contributed by atoms with Crippen molar-refractivity contribution >= 4 is 9.24 Å². The van der Waals surface area contributed by atoms with Crippen molar-refractivity contribution in [3.8, 4) is 0 Å². The van der Waals surface area contributed by atoms with E-state index in [2.05, 4.69) is 9.24 Å². The summed E-state index contributed by atoms with van der Waals surface area (Å²) in [4.78, 5) is 0. The van der Waals surface area contributed by atoms with Gasteiger partial charge in [-0.15, -0.1) is 9.24 Å². The normalized spacial score (nSPS) is 45.9. The number of hydrogen-bond donors (Lipinski definition) is 0. The molecule has 2 fully saturated rings. The van der Waals surface area contributed by atoms with Crippen LogP contribution in [0.3, 0.4) is 0 Å². The Hall–Kier alpha value is 0.390. The predicted octanol–water partition coefficient (Wildman–Crippen LogP) is 1.82. The van der Waals surface area contributed by atoms with Crippen molar-refractivity contribution in [2.75, 3.05) is 6.61 Å². The first kappa shape index (κ1) is 7.06. The molecule has 0 N–H and O–H groups in total. The third kappa shape index (κ3) is 1.52. The Kier molecular flexibility index (Phi) is 1.97. The van der Waals surface area contributed by atoms with Gasteiger partial charge in [0.2, 0.25) is 0 Å². The lowest BCUT2D eigenvalue weighted by Gasteiger charge is -2.06. The molecule has 1 aliphatic carbocycles. The Morgan fingerprint density at radius 3 is 2.80 bits per heavy atom. The summed E-state index contributed by atoms with van der Waals surface area (Å²) in [6.07, 6.45) is 5.97. The third-order valence-corrected chi connectivity index (χ3v) is 3.38. The molecule has 58 valence electrons. The molecule has 0 aromatic rings. The highest BCUT2D eigenvalue weighted by Crippen LogP contribution is 2.42. The molecule has 0 spiro atoms. The Balaban J connectivity index is 1.70. The topological polar surface area (TPSA) is 9.23 Å². The molecule has 0 aromatic carbocycles. The lowest BCUT2D eigenvalue weighted by molar-refractivity contribution is 0.0997. The number of rotatable bonds is 2. The summed E-state index contributed by atoms with van der Waals surface area (Å²) >= 11 is 0. The predicted molar refractivity (Wildman–Crippen MR) is 45.2 cm³/mol. The van der Waals surface area contributed by atoms with Crippen molar-refractivity contribution in [1.29, 1.82) is 0 Å². The van der Waals surface area contributed by atoms with Gasteiger partial charge >= 0.3 is 0 Å². The standard InChI is InChI=1S/C8H15OP/c10-8-5-6(8)4-7-2-1-3-9-7/h6-8H,1-5,10H2. The van der Waals surface area contributed by atoms with Crippen LogP contribution in [0.4, 0.5) is 0 Å². The smallest absolute Gasteiger partial charge is 0.0578 e. The summed E-state index contributed by atoms with van der Waals surface area (Å²) in [5.74, 6) is 0.980. The fourth-order valence-corrected chi connectivity index (χ4v) is 2.22. The Morgan fingerprint density at radius 2 is 2.30 bits per heavy atom. The molecule has 2 rings (SSSR count). The van der Waals surface area contributed by atoms with Crippen LogP contribution in [0.15, 0.2) is 0 Å². The zero-order chi connectivity index (χ0) is 6.97. The van der Waals surface area contributed by atoms with Crippen molar-refractivity contribution in [3.05, 3.63) is 0 Å². The molecule has 4 atom stereocenters. The van der Waals surface area contributed by atoms with Gasteiger partial charge in [0.25, 0.3) is 0 Å². The van der Waals surface area contributed by atoms with Gasteiger partial charge in [-0.05, 0) is 37.3 Å². The van der Waals surface area contributed by atoms with Gasteiger partial charge in [0.05, 0.1) is 6.10 Å². The third-order valence-electron chi connectivity index (χ3n) is 2.57. The van der Waals surface area contributed by atoms with Crippen LogP contribution in [0.2, 0.25) is 0 Å². The van der Waals surface area contributed by atoms with Gasteiger partial charge in [0.15, 0.2) is 0 Å². The maximum Gasteiger partial charge on any atom is 0.0578 e. The molecule has 1 nitrogen and oxygen atoms in total. The summed E-state index contributed by atoms with van der Waals surface area (Å²) < 4.78 is 5.54. The fraction of sp³-hybridized carbons (Fsp3) is 1.00. The second-order valence-electron chi connectivity index (χ2n) is 3.53. The largest absolute Gasteiger partial charge is 0.378 e. The molecule has 1 saturated heterocycles. The highest BCUT2D eigenvalue weighted by Gasteiger charge is 2.35. The summed E-state index contributed by atoms with van der Waals surface area (Å²) in [7, 11) is 2.90. The maximum absolute atomic E-state index is 5.54. The van der Waals surface area contributed by atoms with Crippen LogP contribution in [0.1, 0.15) is 25.7 Å². The maximum atomic E-state index is 5.54. The Labute approximate surface area is 64.7 Å². The molecule has 10 heavy (non-hydrogen) atoms. The first-order valence-corrected chi connectivity index (χ1v) is 4.90. The lowest BCUT2D eigenvalue weighted by Crippen LogP contribution is -2.05. The van der Waals surface area contributed by atoms with E-state index >= 15 is 0 Å². The van der Waals surface area contributed by atoms with E-state index in [1.54, 1.807) is 0 Å². The van der Waals surface area contributed by atoms with Crippen molar-refractivity contribution in [1.82, 2.24) is 0 Å². The van der Waals surface area contributed by atoms with E-state index in [-0.39, 0.29) is 0 Å². The molecule has 0 bridgehead atoms. The van der Waals surface area contributed by atoms with Gasteiger partial charge in [0.1, 0.15) is 0 Å². The molecular formula is C8H15OP. The van der Waals surface area contributed by atoms with Gasteiger partial charge in [-0.1, -0.05) is 0 Å². The molecule has 1 saturated carbocycles. The van der Waals surface area contributed by atoms with Crippen LogP contribution in [-0.4, -0.2) is 18.4 Å². The second kappa shape index (κ2) is 2.79. The average molecular weight is 158 g/mol. The van der Waals surface area contributed by atoms with Crippen LogP contribution in [0.5, 0.6) is 0 Å². The fourth-order valence-electron chi connectivity index (χ4n) is 1.71. The minimum Gasteiger partial charge on any atom is -0.378 e. The first-order chi connectivity index (χ1) is 4.86. The quantitative estimate of drug-likeness (QED) is 0.557. The van der Waals surface area contributed by atoms with Gasteiger partial charge in [-0.2, -0.15) is 0 Å². The monoisotopic (exact) mass is 158 g/mol. The van der Waals surface area contributed by atoms with Gasteiger partial charge in [-0.25, -0.2) is 0 Å². The van der Waals surface area contributed by atoms with E-state index in [1.807, 2.05) is 0 Å². The molecule has 0 radical (unpaired) electrons. The van der Waals surface area contributed by atoms with E-state index in [4.69, 9.17) is 4.74 Å². The molecule has 1 heterocycles. The highest BCUT2D eigenvalue weighted by molar-refractivity contribution is 7.18. The molecule has 1 aliphatic heterocycles. The Morgan fingerprint density at radius 1 is 1.50 bits per heavy atom. The van der Waals surface area contributed by atoms with Crippen molar-refractivity contribution in [2.24, 2.45) is 5.92 Å². The SMILES string of the molecule is PC1CC1CC1CCCO1. The summed E-state index contributed by atoms with van der Waals surface area (Å²) in [5, 5.41) is 0. The minimum absolute atomic E-state index is 0.621. The summed E-state index contributed by atoms with van der Waals surface area (Å²) in [5.41, 5.74) is 0.921. The molecular weight excluding hydrogens is 143 g/mol. The Bertz CT molecular complexity index is 120. The minimum atomic E-state index is 0.621. The molecule has 2 aliphatic rings. The van der Waals surface area contributed by atoms with Gasteiger partial charge in [0, 0.05) is 6.61 Å². The van der Waals surface area contributed by atoms with E-state index < -0.39 is 0 Å². The van der Waals surface area contributed by atoms with E-state index in [1.165, 1.54) is 25.7 Å². The van der Waals surface area contributed by atoms with Crippen LogP contribution in [0, 0.1) is 5.92 Å². The summed E-state index contributed by atoms with van der Waals surface area (Å²) in [6.45, 7) is 1.01. The lowest BCUT2D eigenvalue weighted by atomic mass is 10.1. The first-order valence-electron chi connectivity index (χ1n) is 4.23. The van der Waals surface area contributed by atoms with Crippen LogP contribution < -0.4 is 0 Å². The van der Waals surface area contributed by atoms with Crippen molar-refractivity contribution in [3.63, 3.8) is 0 Å². The molecule has 2 heteroatoms. The molecule has 0 aromatic heterocycles. The van der Waals surface area contributed by atoms with Gasteiger partial charge < -0.3 is 4.74 Å². The summed E-state index contributed by atoms with van der Waals surface area (Å²) in [6, 6.07) is 0. The van der Waals surface area contributed by atoms with Gasteiger partial charge in [-0.3, -0.25) is 0 Å². The average Bonchev–Trinajstić information content (AvgIpc) is 2.48. The van der Waals surface area contributed by atoms with Crippen LogP contribution >= 0.6 is 9.24 Å². The number of hydrogen-bond acceptors (Lipinski definition) is 1. The van der Waals surface area contributed by atoms with E-state index in [0.29, 0.717) is 6.10 Å².